The molecule has 5 heteroatoms. The van der Waals surface area contributed by atoms with Crippen molar-refractivity contribution in [2.24, 2.45) is 5.92 Å². The predicted molar refractivity (Wildman–Crippen MR) is 78.1 cm³/mol. The van der Waals surface area contributed by atoms with E-state index in [1.54, 1.807) is 6.07 Å². The number of amides is 2. The van der Waals surface area contributed by atoms with Crippen LogP contribution in [0.1, 0.15) is 19.8 Å². The minimum atomic E-state index is -0.0680. The van der Waals surface area contributed by atoms with Gasteiger partial charge >= 0.3 is 6.03 Å². The number of nitrogens with zero attached hydrogens (tertiary/aromatic N) is 1. The minimum absolute atomic E-state index is 0.0680. The van der Waals surface area contributed by atoms with Gasteiger partial charge in [-0.05, 0) is 37.0 Å². The van der Waals surface area contributed by atoms with Crippen LogP contribution in [0.4, 0.5) is 10.5 Å². The highest BCUT2D eigenvalue weighted by Gasteiger charge is 2.21. The van der Waals surface area contributed by atoms with Crippen LogP contribution in [0.25, 0.3) is 0 Å². The fourth-order valence-corrected chi connectivity index (χ4v) is 2.69. The molecule has 0 radical (unpaired) electrons. The smallest absolute Gasteiger partial charge is 0.321 e. The van der Waals surface area contributed by atoms with Crippen molar-refractivity contribution < 1.29 is 4.79 Å². The maximum atomic E-state index is 12.1. The third-order valence-corrected chi connectivity index (χ3v) is 3.94. The monoisotopic (exact) mass is 330 g/mol. The molecule has 1 saturated heterocycles. The summed E-state index contributed by atoms with van der Waals surface area (Å²) in [6.07, 6.45) is 2.27. The number of halogens is 2. The Labute approximate surface area is 121 Å². The number of likely N-dealkylation sites (tertiary alicyclic amines) is 1. The number of carbonyl (C=O) groups excluding carboxylic acids is 1. The van der Waals surface area contributed by atoms with E-state index in [9.17, 15) is 4.79 Å². The topological polar surface area (TPSA) is 32.3 Å². The second-order valence-corrected chi connectivity index (χ2v) is 6.07. The van der Waals surface area contributed by atoms with Crippen molar-refractivity contribution in [3.8, 4) is 0 Å². The van der Waals surface area contributed by atoms with Crippen LogP contribution in [0.15, 0.2) is 22.7 Å². The van der Waals surface area contributed by atoms with Gasteiger partial charge in [0.05, 0.1) is 10.7 Å². The lowest BCUT2D eigenvalue weighted by atomic mass is 10.0. The van der Waals surface area contributed by atoms with Gasteiger partial charge in [0.1, 0.15) is 0 Å². The van der Waals surface area contributed by atoms with Crippen molar-refractivity contribution in [1.82, 2.24) is 4.90 Å². The van der Waals surface area contributed by atoms with Crippen molar-refractivity contribution in [3.63, 3.8) is 0 Å². The van der Waals surface area contributed by atoms with Crippen molar-refractivity contribution in [2.45, 2.75) is 19.8 Å². The molecule has 1 fully saturated rings. The molecule has 3 nitrogen and oxygen atoms in total. The third kappa shape index (κ3) is 3.39. The SMILES string of the molecule is CC1CCCN(C(=O)Nc2cc(Br)ccc2Cl)C1. The molecule has 18 heavy (non-hydrogen) atoms. The fraction of sp³-hybridized carbons (Fsp3) is 0.462. The Morgan fingerprint density at radius 1 is 1.56 bits per heavy atom. The first-order valence-electron chi connectivity index (χ1n) is 6.07. The Kier molecular flexibility index (Phi) is 4.51. The van der Waals surface area contributed by atoms with E-state index in [-0.39, 0.29) is 6.03 Å². The van der Waals surface area contributed by atoms with Crippen LogP contribution in [0.5, 0.6) is 0 Å². The number of nitrogens with one attached hydrogen (secondary N) is 1. The van der Waals surface area contributed by atoms with Gasteiger partial charge in [-0.3, -0.25) is 0 Å². The molecule has 1 aromatic carbocycles. The molecule has 1 heterocycles. The van der Waals surface area contributed by atoms with E-state index in [1.807, 2.05) is 17.0 Å². The molecule has 0 bridgehead atoms. The zero-order valence-electron chi connectivity index (χ0n) is 10.2. The van der Waals surface area contributed by atoms with Gasteiger partial charge in [-0.1, -0.05) is 34.5 Å². The first-order chi connectivity index (χ1) is 8.56. The molecule has 1 aliphatic rings. The van der Waals surface area contributed by atoms with Crippen LogP contribution >= 0.6 is 27.5 Å². The lowest BCUT2D eigenvalue weighted by molar-refractivity contribution is 0.182. The Morgan fingerprint density at radius 2 is 2.33 bits per heavy atom. The van der Waals surface area contributed by atoms with Crippen LogP contribution in [0.3, 0.4) is 0 Å². The molecule has 98 valence electrons. The predicted octanol–water partition coefficient (Wildman–Crippen LogP) is 4.37. The lowest BCUT2D eigenvalue weighted by Gasteiger charge is -2.31. The molecule has 1 aromatic rings. The lowest BCUT2D eigenvalue weighted by Crippen LogP contribution is -2.41. The average Bonchev–Trinajstić information content (AvgIpc) is 2.34. The highest BCUT2D eigenvalue weighted by atomic mass is 79.9. The Balaban J connectivity index is 2.04. The van der Waals surface area contributed by atoms with Gasteiger partial charge in [-0.25, -0.2) is 4.79 Å². The number of carbonyl (C=O) groups is 1. The quantitative estimate of drug-likeness (QED) is 0.814. The molecule has 1 unspecified atom stereocenters. The van der Waals surface area contributed by atoms with Gasteiger partial charge in [0.2, 0.25) is 0 Å². The van der Waals surface area contributed by atoms with Crippen LogP contribution in [-0.2, 0) is 0 Å². The highest BCUT2D eigenvalue weighted by molar-refractivity contribution is 9.10. The van der Waals surface area contributed by atoms with Gasteiger partial charge < -0.3 is 10.2 Å². The summed E-state index contributed by atoms with van der Waals surface area (Å²) in [5.41, 5.74) is 0.647. The Hall–Kier alpha value is -0.740. The molecule has 0 spiro atoms. The summed E-state index contributed by atoms with van der Waals surface area (Å²) in [6, 6.07) is 5.36. The fourth-order valence-electron chi connectivity index (χ4n) is 2.16. The second-order valence-electron chi connectivity index (χ2n) is 4.75. The third-order valence-electron chi connectivity index (χ3n) is 3.11. The summed E-state index contributed by atoms with van der Waals surface area (Å²) in [7, 11) is 0. The molecule has 1 aliphatic heterocycles. The molecule has 1 N–H and O–H groups in total. The summed E-state index contributed by atoms with van der Waals surface area (Å²) < 4.78 is 0.897. The Bertz CT molecular complexity index is 453. The summed E-state index contributed by atoms with van der Waals surface area (Å²) in [4.78, 5) is 14.0. The number of hydrogen-bond donors (Lipinski definition) is 1. The zero-order valence-corrected chi connectivity index (χ0v) is 12.6. The van der Waals surface area contributed by atoms with E-state index in [0.29, 0.717) is 16.6 Å². The molecule has 0 saturated carbocycles. The van der Waals surface area contributed by atoms with Gasteiger partial charge in [-0.15, -0.1) is 0 Å². The molecule has 2 rings (SSSR count). The van der Waals surface area contributed by atoms with E-state index in [4.69, 9.17) is 11.6 Å². The van der Waals surface area contributed by atoms with Gasteiger partial charge in [0, 0.05) is 17.6 Å². The molecule has 0 aromatic heterocycles. The van der Waals surface area contributed by atoms with Crippen LogP contribution in [-0.4, -0.2) is 24.0 Å². The number of anilines is 1. The first kappa shape index (κ1) is 13.7. The first-order valence-corrected chi connectivity index (χ1v) is 7.24. The second kappa shape index (κ2) is 5.93. The van der Waals surface area contributed by atoms with Crippen molar-refractivity contribution in [1.29, 1.82) is 0 Å². The van der Waals surface area contributed by atoms with E-state index < -0.39 is 0 Å². The van der Waals surface area contributed by atoms with Crippen molar-refractivity contribution >= 4 is 39.2 Å². The number of piperidine rings is 1. The summed E-state index contributed by atoms with van der Waals surface area (Å²) in [5.74, 6) is 0.572. The molecular weight excluding hydrogens is 316 g/mol. The van der Waals surface area contributed by atoms with Crippen LogP contribution < -0.4 is 5.32 Å². The van der Waals surface area contributed by atoms with Gasteiger partial charge in [-0.2, -0.15) is 0 Å². The zero-order chi connectivity index (χ0) is 13.1. The largest absolute Gasteiger partial charge is 0.324 e. The highest BCUT2D eigenvalue weighted by Crippen LogP contribution is 2.26. The normalized spacial score (nSPS) is 19.7. The minimum Gasteiger partial charge on any atom is -0.324 e. The standard InChI is InChI=1S/C13H16BrClN2O/c1-9-3-2-6-17(8-9)13(18)16-12-7-10(14)4-5-11(12)15/h4-5,7,9H,2-3,6,8H2,1H3,(H,16,18). The van der Waals surface area contributed by atoms with E-state index >= 15 is 0 Å². The molecule has 1 atom stereocenters. The molecule has 2 amide bonds. The molecular formula is C13H16BrClN2O. The van der Waals surface area contributed by atoms with E-state index in [2.05, 4.69) is 28.2 Å². The van der Waals surface area contributed by atoms with Crippen LogP contribution in [0, 0.1) is 5.92 Å². The number of hydrogen-bond acceptors (Lipinski definition) is 1. The number of benzene rings is 1. The summed E-state index contributed by atoms with van der Waals surface area (Å²) in [6.45, 7) is 3.81. The molecule has 0 aliphatic carbocycles. The van der Waals surface area contributed by atoms with E-state index in [0.717, 1.165) is 24.0 Å². The average molecular weight is 332 g/mol. The van der Waals surface area contributed by atoms with Crippen LogP contribution in [0.2, 0.25) is 5.02 Å². The number of urea groups is 1. The Morgan fingerprint density at radius 3 is 3.06 bits per heavy atom. The van der Waals surface area contributed by atoms with Gasteiger partial charge in [0.15, 0.2) is 0 Å². The maximum absolute atomic E-state index is 12.1. The summed E-state index contributed by atoms with van der Waals surface area (Å²) >= 11 is 9.42. The van der Waals surface area contributed by atoms with Crippen molar-refractivity contribution in [2.75, 3.05) is 18.4 Å². The van der Waals surface area contributed by atoms with Gasteiger partial charge in [0.25, 0.3) is 0 Å². The summed E-state index contributed by atoms with van der Waals surface area (Å²) in [5, 5.41) is 3.42. The number of rotatable bonds is 1. The van der Waals surface area contributed by atoms with E-state index in [1.165, 1.54) is 6.42 Å². The van der Waals surface area contributed by atoms with Crippen molar-refractivity contribution in [3.05, 3.63) is 27.7 Å². The maximum Gasteiger partial charge on any atom is 0.321 e.